The number of hydrogen-bond donors (Lipinski definition) is 2. The molecule has 1 fully saturated rings. The predicted octanol–water partition coefficient (Wildman–Crippen LogP) is -0.453. The summed E-state index contributed by atoms with van der Waals surface area (Å²) in [6.07, 6.45) is 2.12. The number of carbonyl (C=O) groups is 3. The van der Waals surface area contributed by atoms with Gasteiger partial charge in [-0.1, -0.05) is 13.2 Å². The number of urea groups is 1. The SMILES string of the molecule is C=CC(=O)NN1CC(C)N(NC(=O)C=C)C1=O. The molecule has 7 heteroatoms. The Bertz CT molecular complexity index is 380. The van der Waals surface area contributed by atoms with Gasteiger partial charge in [0.2, 0.25) is 0 Å². The third-order valence-corrected chi connectivity index (χ3v) is 2.17. The number of nitrogens with one attached hydrogen (secondary N) is 2. The molecule has 92 valence electrons. The third-order valence-electron chi connectivity index (χ3n) is 2.17. The number of hydrogen-bond acceptors (Lipinski definition) is 3. The molecule has 1 heterocycles. The Labute approximate surface area is 98.7 Å². The minimum atomic E-state index is -0.511. The Balaban J connectivity index is 2.67. The second-order valence-corrected chi connectivity index (χ2v) is 3.47. The zero-order valence-corrected chi connectivity index (χ0v) is 9.47. The summed E-state index contributed by atoms with van der Waals surface area (Å²) in [5.41, 5.74) is 4.70. The minimum Gasteiger partial charge on any atom is -0.268 e. The lowest BCUT2D eigenvalue weighted by Gasteiger charge is -2.20. The molecule has 0 saturated carbocycles. The van der Waals surface area contributed by atoms with Crippen molar-refractivity contribution in [3.63, 3.8) is 0 Å². The standard InChI is InChI=1S/C10H14N4O3/c1-4-8(15)11-13-6-7(3)14(10(13)17)12-9(16)5-2/h4-5,7H,1-2,6H2,3H3,(H,11,15)(H,12,16). The second kappa shape index (κ2) is 5.15. The Morgan fingerprint density at radius 1 is 1.29 bits per heavy atom. The zero-order valence-electron chi connectivity index (χ0n) is 9.47. The van der Waals surface area contributed by atoms with Crippen molar-refractivity contribution in [3.8, 4) is 0 Å². The molecule has 17 heavy (non-hydrogen) atoms. The van der Waals surface area contributed by atoms with Crippen molar-refractivity contribution in [1.82, 2.24) is 20.9 Å². The van der Waals surface area contributed by atoms with Crippen molar-refractivity contribution >= 4 is 17.8 Å². The molecule has 0 spiro atoms. The van der Waals surface area contributed by atoms with E-state index in [0.29, 0.717) is 0 Å². The monoisotopic (exact) mass is 238 g/mol. The first-order valence-electron chi connectivity index (χ1n) is 4.96. The van der Waals surface area contributed by atoms with E-state index in [4.69, 9.17) is 0 Å². The van der Waals surface area contributed by atoms with Crippen molar-refractivity contribution in [2.24, 2.45) is 0 Å². The highest BCUT2D eigenvalue weighted by Gasteiger charge is 2.36. The lowest BCUT2D eigenvalue weighted by Crippen LogP contribution is -2.49. The van der Waals surface area contributed by atoms with Crippen molar-refractivity contribution < 1.29 is 14.4 Å². The third kappa shape index (κ3) is 2.83. The van der Waals surface area contributed by atoms with Crippen LogP contribution in [-0.2, 0) is 9.59 Å². The van der Waals surface area contributed by atoms with Crippen molar-refractivity contribution in [1.29, 1.82) is 0 Å². The normalized spacial score (nSPS) is 18.9. The van der Waals surface area contributed by atoms with E-state index in [1.807, 2.05) is 0 Å². The summed E-state index contributed by atoms with van der Waals surface area (Å²) in [4.78, 5) is 33.9. The van der Waals surface area contributed by atoms with Gasteiger partial charge < -0.3 is 0 Å². The molecule has 7 nitrogen and oxygen atoms in total. The Morgan fingerprint density at radius 2 is 1.82 bits per heavy atom. The molecule has 0 aliphatic carbocycles. The largest absolute Gasteiger partial charge is 0.357 e. The summed E-state index contributed by atoms with van der Waals surface area (Å²) in [6, 6.07) is -0.764. The van der Waals surface area contributed by atoms with Gasteiger partial charge in [0.1, 0.15) is 0 Å². The molecule has 1 aliphatic rings. The summed E-state index contributed by atoms with van der Waals surface area (Å²) in [6.45, 7) is 8.58. The van der Waals surface area contributed by atoms with E-state index >= 15 is 0 Å². The van der Waals surface area contributed by atoms with Crippen LogP contribution in [0.25, 0.3) is 0 Å². The average molecular weight is 238 g/mol. The van der Waals surface area contributed by atoms with E-state index in [9.17, 15) is 14.4 Å². The van der Waals surface area contributed by atoms with Crippen LogP contribution in [0.4, 0.5) is 4.79 Å². The highest BCUT2D eigenvalue weighted by Crippen LogP contribution is 2.10. The topological polar surface area (TPSA) is 81.8 Å². The Hall–Kier alpha value is -2.31. The minimum absolute atomic E-state index is 0.253. The molecule has 0 aromatic heterocycles. The maximum atomic E-state index is 11.8. The molecule has 1 aliphatic heterocycles. The van der Waals surface area contributed by atoms with Gasteiger partial charge in [0.25, 0.3) is 11.8 Å². The van der Waals surface area contributed by atoms with Crippen LogP contribution in [-0.4, -0.2) is 40.4 Å². The van der Waals surface area contributed by atoms with Crippen molar-refractivity contribution in [3.05, 3.63) is 25.3 Å². The van der Waals surface area contributed by atoms with Crippen LogP contribution in [0, 0.1) is 0 Å². The van der Waals surface area contributed by atoms with E-state index in [1.165, 1.54) is 0 Å². The summed E-state index contributed by atoms with van der Waals surface area (Å²) in [5, 5.41) is 2.24. The molecular formula is C10H14N4O3. The van der Waals surface area contributed by atoms with Gasteiger partial charge in [-0.25, -0.2) is 14.8 Å². The second-order valence-electron chi connectivity index (χ2n) is 3.47. The van der Waals surface area contributed by atoms with Gasteiger partial charge in [0, 0.05) is 0 Å². The molecule has 2 N–H and O–H groups in total. The fourth-order valence-corrected chi connectivity index (χ4v) is 1.34. The summed E-state index contributed by atoms with van der Waals surface area (Å²) >= 11 is 0. The van der Waals surface area contributed by atoms with Crippen LogP contribution in [0.2, 0.25) is 0 Å². The smallest absolute Gasteiger partial charge is 0.268 e. The van der Waals surface area contributed by atoms with Gasteiger partial charge >= 0.3 is 6.03 Å². The molecule has 1 rings (SSSR count). The van der Waals surface area contributed by atoms with Crippen LogP contribution in [0.3, 0.4) is 0 Å². The summed E-state index contributed by atoms with van der Waals surface area (Å²) in [7, 11) is 0. The van der Waals surface area contributed by atoms with E-state index in [-0.39, 0.29) is 12.6 Å². The zero-order chi connectivity index (χ0) is 13.0. The Kier molecular flexibility index (Phi) is 3.86. The predicted molar refractivity (Wildman–Crippen MR) is 60.1 cm³/mol. The molecular weight excluding hydrogens is 224 g/mol. The quantitative estimate of drug-likeness (QED) is 0.651. The van der Waals surface area contributed by atoms with Gasteiger partial charge in [0.05, 0.1) is 12.6 Å². The summed E-state index contributed by atoms with van der Waals surface area (Å²) < 4.78 is 0. The lowest BCUT2D eigenvalue weighted by atomic mass is 10.4. The molecule has 0 aromatic carbocycles. The maximum Gasteiger partial charge on any atom is 0.357 e. The van der Waals surface area contributed by atoms with Gasteiger partial charge in [-0.3, -0.25) is 20.4 Å². The van der Waals surface area contributed by atoms with E-state index in [1.54, 1.807) is 6.92 Å². The van der Waals surface area contributed by atoms with Crippen molar-refractivity contribution in [2.45, 2.75) is 13.0 Å². The number of carbonyl (C=O) groups excluding carboxylic acids is 3. The van der Waals surface area contributed by atoms with Crippen LogP contribution < -0.4 is 10.9 Å². The molecule has 1 unspecified atom stereocenters. The molecule has 4 amide bonds. The molecule has 0 aromatic rings. The average Bonchev–Trinajstić information content (AvgIpc) is 2.56. The first-order chi connectivity index (χ1) is 7.99. The molecule has 1 atom stereocenters. The van der Waals surface area contributed by atoms with Gasteiger partial charge in [0.15, 0.2) is 0 Å². The summed E-state index contributed by atoms with van der Waals surface area (Å²) in [5.74, 6) is -0.968. The lowest BCUT2D eigenvalue weighted by molar-refractivity contribution is -0.120. The number of amides is 4. The highest BCUT2D eigenvalue weighted by atomic mass is 16.2. The first kappa shape index (κ1) is 12.8. The molecule has 1 saturated heterocycles. The van der Waals surface area contributed by atoms with Crippen LogP contribution in [0.5, 0.6) is 0 Å². The van der Waals surface area contributed by atoms with Crippen LogP contribution in [0.1, 0.15) is 6.92 Å². The van der Waals surface area contributed by atoms with E-state index < -0.39 is 17.8 Å². The van der Waals surface area contributed by atoms with Crippen LogP contribution >= 0.6 is 0 Å². The first-order valence-corrected chi connectivity index (χ1v) is 4.96. The van der Waals surface area contributed by atoms with Crippen molar-refractivity contribution in [2.75, 3.05) is 6.54 Å². The number of rotatable bonds is 4. The fraction of sp³-hybridized carbons (Fsp3) is 0.300. The van der Waals surface area contributed by atoms with Gasteiger partial charge in [-0.2, -0.15) is 0 Å². The van der Waals surface area contributed by atoms with Crippen LogP contribution in [0.15, 0.2) is 25.3 Å². The number of hydrazine groups is 2. The Morgan fingerprint density at radius 3 is 2.35 bits per heavy atom. The molecule has 0 radical (unpaired) electrons. The molecule has 0 bridgehead atoms. The van der Waals surface area contributed by atoms with E-state index in [2.05, 4.69) is 24.0 Å². The van der Waals surface area contributed by atoms with E-state index in [0.717, 1.165) is 22.2 Å². The maximum absolute atomic E-state index is 11.8. The number of nitrogens with zero attached hydrogens (tertiary/aromatic N) is 2. The van der Waals surface area contributed by atoms with Gasteiger partial charge in [-0.15, -0.1) is 0 Å². The highest BCUT2D eigenvalue weighted by molar-refractivity contribution is 5.91. The fourth-order valence-electron chi connectivity index (χ4n) is 1.34. The van der Waals surface area contributed by atoms with Gasteiger partial charge in [-0.05, 0) is 19.1 Å².